The van der Waals surface area contributed by atoms with Crippen molar-refractivity contribution in [3.63, 3.8) is 0 Å². The number of hydrogen-bond acceptors (Lipinski definition) is 5. The van der Waals surface area contributed by atoms with Gasteiger partial charge in [0.25, 0.3) is 11.7 Å². The summed E-state index contributed by atoms with van der Waals surface area (Å²) in [4.78, 5) is 28.7. The van der Waals surface area contributed by atoms with Gasteiger partial charge in [0.05, 0.1) is 18.7 Å². The monoisotopic (exact) mass is 416 g/mol. The summed E-state index contributed by atoms with van der Waals surface area (Å²) in [6, 6.07) is 8.20. The van der Waals surface area contributed by atoms with Crippen LogP contribution in [0.4, 0.5) is 8.78 Å². The van der Waals surface area contributed by atoms with Gasteiger partial charge in [-0.05, 0) is 50.0 Å². The van der Waals surface area contributed by atoms with Crippen molar-refractivity contribution in [1.82, 2.24) is 9.80 Å². The number of methoxy groups -OCH3 is 1. The fourth-order valence-corrected chi connectivity index (χ4v) is 3.41. The third kappa shape index (κ3) is 4.04. The minimum atomic E-state index is -0.995. The molecule has 0 spiro atoms. The van der Waals surface area contributed by atoms with Gasteiger partial charge in [-0.2, -0.15) is 0 Å². The van der Waals surface area contributed by atoms with Crippen LogP contribution in [0.3, 0.4) is 0 Å². The third-order valence-electron chi connectivity index (χ3n) is 4.92. The van der Waals surface area contributed by atoms with Gasteiger partial charge >= 0.3 is 0 Å². The highest BCUT2D eigenvalue weighted by atomic mass is 19.1. The van der Waals surface area contributed by atoms with Crippen molar-refractivity contribution < 1.29 is 28.2 Å². The Morgan fingerprint density at radius 2 is 1.90 bits per heavy atom. The Bertz CT molecular complexity index is 1020. The van der Waals surface area contributed by atoms with Crippen molar-refractivity contribution >= 4 is 17.4 Å². The number of rotatable bonds is 6. The predicted octanol–water partition coefficient (Wildman–Crippen LogP) is 2.96. The second-order valence-electron chi connectivity index (χ2n) is 7.20. The third-order valence-corrected chi connectivity index (χ3v) is 4.92. The molecule has 3 rings (SSSR count). The summed E-state index contributed by atoms with van der Waals surface area (Å²) in [6.07, 6.45) is 0. The van der Waals surface area contributed by atoms with Crippen LogP contribution in [-0.2, 0) is 9.59 Å². The molecule has 1 unspecified atom stereocenters. The first-order valence-corrected chi connectivity index (χ1v) is 9.27. The Labute approximate surface area is 173 Å². The van der Waals surface area contributed by atoms with Gasteiger partial charge in [0.1, 0.15) is 11.6 Å². The van der Waals surface area contributed by atoms with Crippen LogP contribution in [0.2, 0.25) is 0 Å². The zero-order chi connectivity index (χ0) is 22.0. The van der Waals surface area contributed by atoms with Crippen molar-refractivity contribution in [2.24, 2.45) is 0 Å². The van der Waals surface area contributed by atoms with Gasteiger partial charge in [-0.15, -0.1) is 0 Å². The largest absolute Gasteiger partial charge is 0.507 e. The summed E-state index contributed by atoms with van der Waals surface area (Å²) in [5, 5.41) is 10.9. The van der Waals surface area contributed by atoms with Crippen molar-refractivity contribution in [2.45, 2.75) is 6.04 Å². The molecule has 158 valence electrons. The molecule has 1 amide bonds. The van der Waals surface area contributed by atoms with E-state index in [2.05, 4.69) is 0 Å². The van der Waals surface area contributed by atoms with Crippen LogP contribution in [0.1, 0.15) is 17.2 Å². The number of ether oxygens (including phenoxy) is 1. The molecule has 0 bridgehead atoms. The van der Waals surface area contributed by atoms with E-state index in [1.807, 2.05) is 19.0 Å². The molecular weight excluding hydrogens is 394 g/mol. The van der Waals surface area contributed by atoms with Crippen LogP contribution < -0.4 is 4.74 Å². The quantitative estimate of drug-likeness (QED) is 0.446. The zero-order valence-corrected chi connectivity index (χ0v) is 16.9. The van der Waals surface area contributed by atoms with Crippen LogP contribution in [-0.4, -0.2) is 60.9 Å². The topological polar surface area (TPSA) is 70.1 Å². The van der Waals surface area contributed by atoms with E-state index in [-0.39, 0.29) is 23.4 Å². The summed E-state index contributed by atoms with van der Waals surface area (Å²) in [5.74, 6) is -3.54. The second kappa shape index (κ2) is 8.62. The average molecular weight is 416 g/mol. The van der Waals surface area contributed by atoms with Crippen molar-refractivity contribution in [3.8, 4) is 5.75 Å². The van der Waals surface area contributed by atoms with Crippen molar-refractivity contribution in [3.05, 3.63) is 70.8 Å². The lowest BCUT2D eigenvalue weighted by atomic mass is 9.95. The lowest BCUT2D eigenvalue weighted by Gasteiger charge is -2.26. The van der Waals surface area contributed by atoms with E-state index in [0.29, 0.717) is 12.1 Å². The molecule has 1 aliphatic rings. The number of halogens is 2. The minimum Gasteiger partial charge on any atom is -0.507 e. The first-order valence-electron chi connectivity index (χ1n) is 9.27. The summed E-state index contributed by atoms with van der Waals surface area (Å²) < 4.78 is 32.9. The number of ketones is 1. The Balaban J connectivity index is 2.16. The van der Waals surface area contributed by atoms with Gasteiger partial charge in [-0.3, -0.25) is 9.59 Å². The van der Waals surface area contributed by atoms with Crippen molar-refractivity contribution in [1.29, 1.82) is 0 Å². The number of aliphatic hydroxyl groups excluding tert-OH is 1. The number of likely N-dealkylation sites (tertiary alicyclic amines) is 1. The molecule has 0 saturated carbocycles. The minimum absolute atomic E-state index is 0.0142. The molecule has 2 aromatic carbocycles. The highest BCUT2D eigenvalue weighted by Gasteiger charge is 2.46. The molecule has 1 heterocycles. The maximum atomic E-state index is 14.2. The van der Waals surface area contributed by atoms with E-state index in [1.165, 1.54) is 42.3 Å². The molecule has 6 nitrogen and oxygen atoms in total. The average Bonchev–Trinajstić information content (AvgIpc) is 2.96. The second-order valence-corrected chi connectivity index (χ2v) is 7.20. The maximum Gasteiger partial charge on any atom is 0.295 e. The smallest absolute Gasteiger partial charge is 0.295 e. The number of likely N-dealkylation sites (N-methyl/N-ethyl adjacent to an activating group) is 1. The molecule has 8 heteroatoms. The standard InChI is InChI=1S/C22H22F2N2O4/c1-25(2)9-10-26-19(13-5-4-6-15(23)11-13)18(21(28)22(26)29)20(27)14-7-8-17(30-3)16(24)12-14/h4-8,11-12,19,27H,9-10H2,1-3H3/b20-18+. The van der Waals surface area contributed by atoms with Gasteiger partial charge in [-0.25, -0.2) is 8.78 Å². The molecule has 1 atom stereocenters. The molecule has 0 radical (unpaired) electrons. The molecule has 1 fully saturated rings. The Kier molecular flexibility index (Phi) is 6.17. The van der Waals surface area contributed by atoms with Gasteiger partial charge in [0.2, 0.25) is 0 Å². The number of carbonyl (C=O) groups is 2. The van der Waals surface area contributed by atoms with Crippen molar-refractivity contribution in [2.75, 3.05) is 34.3 Å². The summed E-state index contributed by atoms with van der Waals surface area (Å²) in [7, 11) is 4.93. The molecule has 0 aromatic heterocycles. The highest BCUT2D eigenvalue weighted by molar-refractivity contribution is 6.46. The highest BCUT2D eigenvalue weighted by Crippen LogP contribution is 2.39. The molecule has 30 heavy (non-hydrogen) atoms. The first kappa shape index (κ1) is 21.4. The summed E-state index contributed by atoms with van der Waals surface area (Å²) in [6.45, 7) is 0.641. The number of aliphatic hydroxyl groups is 1. The summed E-state index contributed by atoms with van der Waals surface area (Å²) >= 11 is 0. The van der Waals surface area contributed by atoms with Crippen LogP contribution in [0.25, 0.3) is 5.76 Å². The number of amides is 1. The zero-order valence-electron chi connectivity index (χ0n) is 16.9. The Hall–Kier alpha value is -3.26. The van der Waals surface area contributed by atoms with E-state index in [1.54, 1.807) is 6.07 Å². The molecular formula is C22H22F2N2O4. The molecule has 1 saturated heterocycles. The predicted molar refractivity (Wildman–Crippen MR) is 107 cm³/mol. The Morgan fingerprint density at radius 3 is 2.50 bits per heavy atom. The van der Waals surface area contributed by atoms with Gasteiger partial charge in [-0.1, -0.05) is 12.1 Å². The molecule has 2 aromatic rings. The van der Waals surface area contributed by atoms with E-state index < -0.39 is 35.1 Å². The fraction of sp³-hybridized carbons (Fsp3) is 0.273. The number of nitrogens with zero attached hydrogens (tertiary/aromatic N) is 2. The normalized spacial score (nSPS) is 18.3. The van der Waals surface area contributed by atoms with Crippen LogP contribution in [0.15, 0.2) is 48.0 Å². The Morgan fingerprint density at radius 1 is 1.17 bits per heavy atom. The van der Waals surface area contributed by atoms with E-state index in [0.717, 1.165) is 6.07 Å². The number of carbonyl (C=O) groups excluding carboxylic acids is 2. The number of hydrogen-bond donors (Lipinski definition) is 1. The van der Waals surface area contributed by atoms with Gasteiger partial charge < -0.3 is 19.6 Å². The molecule has 1 N–H and O–H groups in total. The summed E-state index contributed by atoms with van der Waals surface area (Å²) in [5.41, 5.74) is 0.137. The van der Waals surface area contributed by atoms with E-state index in [9.17, 15) is 23.5 Å². The van der Waals surface area contributed by atoms with E-state index in [4.69, 9.17) is 4.74 Å². The van der Waals surface area contributed by atoms with Crippen LogP contribution in [0.5, 0.6) is 5.75 Å². The first-order chi connectivity index (χ1) is 14.2. The number of benzene rings is 2. The lowest BCUT2D eigenvalue weighted by molar-refractivity contribution is -0.140. The molecule has 0 aliphatic carbocycles. The number of Topliss-reactive ketones (excluding diaryl/α,β-unsaturated/α-hetero) is 1. The van der Waals surface area contributed by atoms with Gasteiger partial charge in [0, 0.05) is 18.7 Å². The maximum absolute atomic E-state index is 14.2. The lowest BCUT2D eigenvalue weighted by Crippen LogP contribution is -2.35. The van der Waals surface area contributed by atoms with Crippen LogP contribution >= 0.6 is 0 Å². The fourth-order valence-electron chi connectivity index (χ4n) is 3.41. The van der Waals surface area contributed by atoms with Gasteiger partial charge in [0.15, 0.2) is 11.6 Å². The SMILES string of the molecule is COc1ccc(/C(O)=C2\C(=O)C(=O)N(CCN(C)C)C2c2cccc(F)c2)cc1F. The van der Waals surface area contributed by atoms with Crippen LogP contribution in [0, 0.1) is 11.6 Å². The van der Waals surface area contributed by atoms with E-state index >= 15 is 0 Å². The molecule has 1 aliphatic heterocycles.